The summed E-state index contributed by atoms with van der Waals surface area (Å²) in [4.78, 5) is 2.09. The Morgan fingerprint density at radius 1 is 1.35 bits per heavy atom. The average Bonchev–Trinajstić information content (AvgIpc) is 2.39. The third-order valence-electron chi connectivity index (χ3n) is 3.09. The van der Waals surface area contributed by atoms with Gasteiger partial charge < -0.3 is 10.5 Å². The highest BCUT2D eigenvalue weighted by atomic mass is 35.5. The van der Waals surface area contributed by atoms with Gasteiger partial charge in [-0.1, -0.05) is 17.7 Å². The van der Waals surface area contributed by atoms with Crippen molar-refractivity contribution in [3.8, 4) is 0 Å². The maximum absolute atomic E-state index is 12.2. The Labute approximate surface area is 123 Å². The molecule has 0 saturated carbocycles. The second kappa shape index (κ2) is 6.73. The summed E-state index contributed by atoms with van der Waals surface area (Å²) in [6.45, 7) is 3.94. The van der Waals surface area contributed by atoms with E-state index in [0.29, 0.717) is 26.3 Å². The molecule has 0 radical (unpaired) electrons. The van der Waals surface area contributed by atoms with Crippen LogP contribution in [0.2, 0.25) is 5.02 Å². The van der Waals surface area contributed by atoms with Crippen LogP contribution in [-0.4, -0.2) is 52.7 Å². The maximum atomic E-state index is 12.2. The first kappa shape index (κ1) is 15.5. The molecular weight excluding hydrogens is 302 g/mol. The number of halogens is 1. The van der Waals surface area contributed by atoms with Crippen LogP contribution in [0.4, 0.5) is 5.69 Å². The molecule has 1 fully saturated rings. The standard InChI is InChI=1S/C12H18ClN3O3S/c13-10-2-1-3-11(14)12(10)20(17,18)15-4-5-16-6-8-19-9-7-16/h1-3,15H,4-9,14H2. The van der Waals surface area contributed by atoms with Crippen LogP contribution >= 0.6 is 11.6 Å². The van der Waals surface area contributed by atoms with Crippen molar-refractivity contribution in [2.45, 2.75) is 4.90 Å². The zero-order valence-corrected chi connectivity index (χ0v) is 12.6. The van der Waals surface area contributed by atoms with Gasteiger partial charge in [0.25, 0.3) is 0 Å². The van der Waals surface area contributed by atoms with Gasteiger partial charge in [0.2, 0.25) is 10.0 Å². The fourth-order valence-corrected chi connectivity index (χ4v) is 3.74. The predicted octanol–water partition coefficient (Wildman–Crippen LogP) is 0.533. The van der Waals surface area contributed by atoms with Gasteiger partial charge in [0, 0.05) is 26.2 Å². The van der Waals surface area contributed by atoms with Crippen LogP contribution in [0.3, 0.4) is 0 Å². The van der Waals surface area contributed by atoms with Gasteiger partial charge in [0.1, 0.15) is 4.90 Å². The first-order valence-electron chi connectivity index (χ1n) is 6.34. The second-order valence-electron chi connectivity index (χ2n) is 4.51. The molecule has 20 heavy (non-hydrogen) atoms. The molecule has 0 spiro atoms. The Bertz CT molecular complexity index is 539. The van der Waals surface area contributed by atoms with E-state index < -0.39 is 10.0 Å². The lowest BCUT2D eigenvalue weighted by atomic mass is 10.3. The maximum Gasteiger partial charge on any atom is 0.244 e. The summed E-state index contributed by atoms with van der Waals surface area (Å²) in [6.07, 6.45) is 0. The second-order valence-corrected chi connectivity index (χ2v) is 6.62. The van der Waals surface area contributed by atoms with Gasteiger partial charge in [0.15, 0.2) is 0 Å². The van der Waals surface area contributed by atoms with E-state index in [1.54, 1.807) is 6.07 Å². The van der Waals surface area contributed by atoms with Crippen molar-refractivity contribution in [3.05, 3.63) is 23.2 Å². The lowest BCUT2D eigenvalue weighted by Gasteiger charge is -2.26. The van der Waals surface area contributed by atoms with Crippen LogP contribution in [0.15, 0.2) is 23.1 Å². The van der Waals surface area contributed by atoms with Gasteiger partial charge in [-0.25, -0.2) is 13.1 Å². The number of anilines is 1. The van der Waals surface area contributed by atoms with Gasteiger partial charge in [-0.2, -0.15) is 0 Å². The minimum absolute atomic E-state index is 0.0522. The van der Waals surface area contributed by atoms with Gasteiger partial charge in [-0.05, 0) is 12.1 Å². The number of hydrogen-bond acceptors (Lipinski definition) is 5. The summed E-state index contributed by atoms with van der Waals surface area (Å²) in [5, 5.41) is 0.129. The average molecular weight is 320 g/mol. The van der Waals surface area contributed by atoms with E-state index in [0.717, 1.165) is 13.1 Å². The molecule has 1 aliphatic heterocycles. The summed E-state index contributed by atoms with van der Waals surface area (Å²) < 4.78 is 32.2. The molecule has 0 aromatic heterocycles. The van der Waals surface area contributed by atoms with Crippen LogP contribution in [-0.2, 0) is 14.8 Å². The van der Waals surface area contributed by atoms with Crippen LogP contribution < -0.4 is 10.5 Å². The van der Waals surface area contributed by atoms with E-state index in [4.69, 9.17) is 22.1 Å². The summed E-state index contributed by atoms with van der Waals surface area (Å²) >= 11 is 5.92. The Morgan fingerprint density at radius 2 is 2.05 bits per heavy atom. The van der Waals surface area contributed by atoms with E-state index in [9.17, 15) is 8.42 Å². The molecule has 0 amide bonds. The van der Waals surface area contributed by atoms with Crippen LogP contribution in [0, 0.1) is 0 Å². The number of sulfonamides is 1. The van der Waals surface area contributed by atoms with Crippen molar-refractivity contribution in [1.29, 1.82) is 0 Å². The molecular formula is C12H18ClN3O3S. The molecule has 1 heterocycles. The number of benzene rings is 1. The third-order valence-corrected chi connectivity index (χ3v) is 5.09. The zero-order valence-electron chi connectivity index (χ0n) is 11.0. The van der Waals surface area contributed by atoms with Crippen molar-refractivity contribution in [3.63, 3.8) is 0 Å². The van der Waals surface area contributed by atoms with Gasteiger partial charge >= 0.3 is 0 Å². The summed E-state index contributed by atoms with van der Waals surface area (Å²) in [7, 11) is -3.69. The number of nitrogens with one attached hydrogen (secondary N) is 1. The van der Waals surface area contributed by atoms with E-state index in [1.807, 2.05) is 0 Å². The van der Waals surface area contributed by atoms with Gasteiger partial charge in [-0.15, -0.1) is 0 Å². The van der Waals surface area contributed by atoms with E-state index in [2.05, 4.69) is 9.62 Å². The monoisotopic (exact) mass is 319 g/mol. The number of nitrogens with zero attached hydrogens (tertiary/aromatic N) is 1. The fraction of sp³-hybridized carbons (Fsp3) is 0.500. The number of morpholine rings is 1. The summed E-state index contributed by atoms with van der Waals surface area (Å²) in [5.74, 6) is 0. The number of rotatable bonds is 5. The minimum Gasteiger partial charge on any atom is -0.398 e. The quantitative estimate of drug-likeness (QED) is 0.774. The van der Waals surface area contributed by atoms with Crippen molar-refractivity contribution in [2.75, 3.05) is 45.1 Å². The lowest BCUT2D eigenvalue weighted by Crippen LogP contribution is -2.41. The van der Waals surface area contributed by atoms with Crippen LogP contribution in [0.5, 0.6) is 0 Å². The third kappa shape index (κ3) is 3.83. The number of ether oxygens (including phenoxy) is 1. The molecule has 1 aliphatic rings. The summed E-state index contributed by atoms with van der Waals surface area (Å²) in [6, 6.07) is 4.64. The minimum atomic E-state index is -3.69. The largest absolute Gasteiger partial charge is 0.398 e. The molecule has 0 atom stereocenters. The van der Waals surface area contributed by atoms with Crippen molar-refractivity contribution in [2.24, 2.45) is 0 Å². The molecule has 0 bridgehead atoms. The molecule has 1 aromatic rings. The van der Waals surface area contributed by atoms with E-state index in [-0.39, 0.29) is 15.6 Å². The normalized spacial score (nSPS) is 17.2. The Hall–Kier alpha value is -0.860. The van der Waals surface area contributed by atoms with Crippen LogP contribution in [0.25, 0.3) is 0 Å². The van der Waals surface area contributed by atoms with Gasteiger partial charge in [-0.3, -0.25) is 4.90 Å². The highest BCUT2D eigenvalue weighted by molar-refractivity contribution is 7.89. The molecule has 0 aliphatic carbocycles. The predicted molar refractivity (Wildman–Crippen MR) is 78.3 cm³/mol. The topological polar surface area (TPSA) is 84.7 Å². The Kier molecular flexibility index (Phi) is 5.22. The van der Waals surface area contributed by atoms with Crippen LogP contribution in [0.1, 0.15) is 0 Å². The van der Waals surface area contributed by atoms with Crippen molar-refractivity contribution in [1.82, 2.24) is 9.62 Å². The zero-order chi connectivity index (χ0) is 14.6. The Morgan fingerprint density at radius 3 is 2.70 bits per heavy atom. The van der Waals surface area contributed by atoms with Crippen molar-refractivity contribution < 1.29 is 13.2 Å². The number of hydrogen-bond donors (Lipinski definition) is 2. The highest BCUT2D eigenvalue weighted by Crippen LogP contribution is 2.26. The SMILES string of the molecule is Nc1cccc(Cl)c1S(=O)(=O)NCCN1CCOCC1. The molecule has 0 unspecified atom stereocenters. The van der Waals surface area contributed by atoms with Gasteiger partial charge in [0.05, 0.1) is 23.9 Å². The molecule has 1 aromatic carbocycles. The first-order valence-corrected chi connectivity index (χ1v) is 8.20. The van der Waals surface area contributed by atoms with E-state index in [1.165, 1.54) is 12.1 Å². The Balaban J connectivity index is 1.97. The van der Waals surface area contributed by atoms with Crippen molar-refractivity contribution >= 4 is 27.3 Å². The summed E-state index contributed by atoms with van der Waals surface area (Å²) in [5.41, 5.74) is 5.84. The highest BCUT2D eigenvalue weighted by Gasteiger charge is 2.21. The molecule has 8 heteroatoms. The molecule has 112 valence electrons. The number of nitrogens with two attached hydrogens (primary N) is 1. The molecule has 1 saturated heterocycles. The molecule has 6 nitrogen and oxygen atoms in total. The first-order chi connectivity index (χ1) is 9.50. The van der Waals surface area contributed by atoms with E-state index >= 15 is 0 Å². The molecule has 3 N–H and O–H groups in total. The number of nitrogen functional groups attached to an aromatic ring is 1. The molecule has 2 rings (SSSR count). The lowest BCUT2D eigenvalue weighted by molar-refractivity contribution is 0.0390. The smallest absolute Gasteiger partial charge is 0.244 e. The fourth-order valence-electron chi connectivity index (χ4n) is 2.04.